The number of aromatic nitrogens is 2. The number of aromatic amines is 2. The van der Waals surface area contributed by atoms with Gasteiger partial charge in [0.05, 0.1) is 11.3 Å². The predicted octanol–water partition coefficient (Wildman–Crippen LogP) is 4.56. The first-order chi connectivity index (χ1) is 10.7. The molecule has 0 atom stereocenters. The van der Waals surface area contributed by atoms with E-state index >= 15 is 0 Å². The average Bonchev–Trinajstić information content (AvgIpc) is 3.03. The van der Waals surface area contributed by atoms with Crippen molar-refractivity contribution in [2.75, 3.05) is 0 Å². The first kappa shape index (κ1) is 12.6. The minimum Gasteiger partial charge on any atom is -0.494 e. The number of nitrogens with zero attached hydrogens (tertiary/aromatic N) is 1. The van der Waals surface area contributed by atoms with Crippen molar-refractivity contribution in [3.8, 4) is 17.1 Å². The van der Waals surface area contributed by atoms with E-state index in [1.54, 1.807) is 18.2 Å². The summed E-state index contributed by atoms with van der Waals surface area (Å²) in [6.45, 7) is 0. The van der Waals surface area contributed by atoms with Gasteiger partial charge in [-0.2, -0.15) is 0 Å². The van der Waals surface area contributed by atoms with Crippen molar-refractivity contribution in [1.29, 1.82) is 0 Å². The minimum absolute atomic E-state index is 0.142. The molecule has 0 spiro atoms. The summed E-state index contributed by atoms with van der Waals surface area (Å²) in [6.07, 6.45) is 0. The van der Waals surface area contributed by atoms with Gasteiger partial charge < -0.3 is 15.1 Å². The van der Waals surface area contributed by atoms with Crippen molar-refractivity contribution in [3.63, 3.8) is 0 Å². The number of aromatic hydroxyl groups is 1. The smallest absolute Gasteiger partial charge is 0.199 e. The summed E-state index contributed by atoms with van der Waals surface area (Å²) in [5.41, 5.74) is 2.18. The molecule has 22 heavy (non-hydrogen) atoms. The number of fused-ring (bicyclic) bond motifs is 2. The van der Waals surface area contributed by atoms with E-state index in [1.165, 1.54) is 18.2 Å². The maximum absolute atomic E-state index is 13.5. The molecule has 108 valence electrons. The lowest BCUT2D eigenvalue weighted by molar-refractivity contribution is 0.460. The highest BCUT2D eigenvalue weighted by Crippen LogP contribution is 2.44. The van der Waals surface area contributed by atoms with E-state index in [1.807, 2.05) is 6.07 Å². The van der Waals surface area contributed by atoms with Crippen LogP contribution in [0.15, 0.2) is 47.6 Å². The van der Waals surface area contributed by atoms with Gasteiger partial charge in [-0.1, -0.05) is 18.2 Å². The fraction of sp³-hybridized carbons (Fsp3) is 0. The van der Waals surface area contributed by atoms with Crippen molar-refractivity contribution in [2.45, 2.75) is 0 Å². The molecular weight excluding hydrogens is 285 g/mol. The molecular formula is C16H10FN3O2. The van der Waals surface area contributed by atoms with Crippen LogP contribution in [0.3, 0.4) is 0 Å². The summed E-state index contributed by atoms with van der Waals surface area (Å²) in [5.74, 6) is -0.568. The van der Waals surface area contributed by atoms with Crippen molar-refractivity contribution >= 4 is 27.5 Å². The van der Waals surface area contributed by atoms with Gasteiger partial charge in [0.2, 0.25) is 0 Å². The fourth-order valence-electron chi connectivity index (χ4n) is 2.81. The molecule has 3 N–H and O–H groups in total. The summed E-state index contributed by atoms with van der Waals surface area (Å²) < 4.78 is 13.5. The van der Waals surface area contributed by atoms with E-state index in [-0.39, 0.29) is 11.6 Å². The molecule has 2 heterocycles. The third kappa shape index (κ3) is 1.64. The number of nitrogens with one attached hydrogen (secondary N) is 2. The predicted molar refractivity (Wildman–Crippen MR) is 82.7 cm³/mol. The van der Waals surface area contributed by atoms with Crippen LogP contribution in [-0.2, 0) is 0 Å². The number of hydrogen-bond donors (Lipinski definition) is 3. The van der Waals surface area contributed by atoms with Crippen LogP contribution in [0.25, 0.3) is 33.1 Å². The first-order valence-corrected chi connectivity index (χ1v) is 6.63. The molecule has 5 nitrogen and oxygen atoms in total. The van der Waals surface area contributed by atoms with Crippen LogP contribution in [0.2, 0.25) is 0 Å². The summed E-state index contributed by atoms with van der Waals surface area (Å²) in [5, 5.41) is 14.4. The van der Waals surface area contributed by atoms with E-state index in [0.717, 1.165) is 5.52 Å². The number of benzene rings is 2. The number of hydrogen-bond acceptors (Lipinski definition) is 3. The van der Waals surface area contributed by atoms with Crippen LogP contribution in [0, 0.1) is 10.7 Å². The Labute approximate surface area is 123 Å². The molecule has 4 aromatic rings. The second kappa shape index (κ2) is 4.42. The van der Waals surface area contributed by atoms with Crippen LogP contribution in [0.4, 0.5) is 10.1 Å². The molecule has 0 fully saturated rings. The minimum atomic E-state index is -0.426. The zero-order valence-corrected chi connectivity index (χ0v) is 11.2. The second-order valence-electron chi connectivity index (χ2n) is 5.02. The molecule has 0 aliphatic heterocycles. The molecule has 4 rings (SSSR count). The van der Waals surface area contributed by atoms with Gasteiger partial charge in [0.1, 0.15) is 11.5 Å². The van der Waals surface area contributed by atoms with Crippen LogP contribution in [0.5, 0.6) is 5.88 Å². The highest BCUT2D eigenvalue weighted by Gasteiger charge is 2.21. The molecule has 2 aromatic heterocycles. The zero-order valence-electron chi connectivity index (χ0n) is 11.2. The van der Waals surface area contributed by atoms with Gasteiger partial charge in [0.15, 0.2) is 5.88 Å². The average molecular weight is 295 g/mol. The quantitative estimate of drug-likeness (QED) is 0.474. The van der Waals surface area contributed by atoms with E-state index < -0.39 is 5.82 Å². The van der Waals surface area contributed by atoms with Gasteiger partial charge in [-0.05, 0) is 29.4 Å². The number of halogens is 1. The van der Waals surface area contributed by atoms with Gasteiger partial charge in [-0.3, -0.25) is 0 Å². The van der Waals surface area contributed by atoms with E-state index in [9.17, 15) is 14.4 Å². The molecule has 0 amide bonds. The highest BCUT2D eigenvalue weighted by molar-refractivity contribution is 6.07. The largest absolute Gasteiger partial charge is 0.494 e. The monoisotopic (exact) mass is 295 g/mol. The molecule has 6 heteroatoms. The van der Waals surface area contributed by atoms with Crippen molar-refractivity contribution in [2.24, 2.45) is 5.18 Å². The Morgan fingerprint density at radius 3 is 2.59 bits per heavy atom. The summed E-state index contributed by atoms with van der Waals surface area (Å²) in [4.78, 5) is 17.1. The standard InChI is InChI=1S/C16H10FN3O2/c17-8-5-6-12-10(7-8)13(16(21)19-12)15-14(20-22)9-3-1-2-4-11(9)18-15/h1-7,18-19,21H. The Hall–Kier alpha value is -3.15. The number of para-hydroxylation sites is 1. The Kier molecular flexibility index (Phi) is 2.53. The van der Waals surface area contributed by atoms with Crippen molar-refractivity contribution in [3.05, 3.63) is 53.2 Å². The Morgan fingerprint density at radius 1 is 1.00 bits per heavy atom. The fourth-order valence-corrected chi connectivity index (χ4v) is 2.81. The third-order valence-electron chi connectivity index (χ3n) is 3.76. The van der Waals surface area contributed by atoms with Gasteiger partial charge in [0, 0.05) is 21.8 Å². The topological polar surface area (TPSA) is 81.2 Å². The number of rotatable bonds is 2. The van der Waals surface area contributed by atoms with Crippen LogP contribution in [-0.4, -0.2) is 15.1 Å². The maximum Gasteiger partial charge on any atom is 0.199 e. The molecule has 0 saturated heterocycles. The lowest BCUT2D eigenvalue weighted by Crippen LogP contribution is -1.78. The maximum atomic E-state index is 13.5. The highest BCUT2D eigenvalue weighted by atomic mass is 19.1. The lowest BCUT2D eigenvalue weighted by Gasteiger charge is -1.98. The van der Waals surface area contributed by atoms with Crippen molar-refractivity contribution < 1.29 is 9.50 Å². The second-order valence-corrected chi connectivity index (χ2v) is 5.02. The van der Waals surface area contributed by atoms with Crippen LogP contribution < -0.4 is 0 Å². The lowest BCUT2D eigenvalue weighted by atomic mass is 10.1. The van der Waals surface area contributed by atoms with E-state index in [2.05, 4.69) is 15.1 Å². The molecule has 0 aliphatic carbocycles. The molecule has 2 aromatic carbocycles. The van der Waals surface area contributed by atoms with Gasteiger partial charge in [-0.15, -0.1) is 4.91 Å². The number of nitroso groups, excluding NO2 is 1. The SMILES string of the molecule is O=Nc1c(-c2c(O)[nH]c3ccc(F)cc23)[nH]c2ccccc12. The molecule has 0 bridgehead atoms. The molecule has 0 radical (unpaired) electrons. The summed E-state index contributed by atoms with van der Waals surface area (Å²) in [7, 11) is 0. The Balaban J connectivity index is 2.13. The molecule has 0 unspecified atom stereocenters. The Morgan fingerprint density at radius 2 is 1.77 bits per heavy atom. The van der Waals surface area contributed by atoms with Gasteiger partial charge >= 0.3 is 0 Å². The molecule has 0 aliphatic rings. The Bertz CT molecular complexity index is 1030. The number of H-pyrrole nitrogens is 2. The van der Waals surface area contributed by atoms with Crippen LogP contribution in [0.1, 0.15) is 0 Å². The van der Waals surface area contributed by atoms with Crippen molar-refractivity contribution in [1.82, 2.24) is 9.97 Å². The zero-order chi connectivity index (χ0) is 15.3. The van der Waals surface area contributed by atoms with Crippen LogP contribution >= 0.6 is 0 Å². The third-order valence-corrected chi connectivity index (χ3v) is 3.76. The van der Waals surface area contributed by atoms with Gasteiger partial charge in [0.25, 0.3) is 0 Å². The normalized spacial score (nSPS) is 11.3. The van der Waals surface area contributed by atoms with E-state index in [4.69, 9.17) is 0 Å². The first-order valence-electron chi connectivity index (χ1n) is 6.63. The molecule has 0 saturated carbocycles. The van der Waals surface area contributed by atoms with Gasteiger partial charge in [-0.25, -0.2) is 4.39 Å². The summed E-state index contributed by atoms with van der Waals surface area (Å²) in [6, 6.07) is 11.3. The summed E-state index contributed by atoms with van der Waals surface area (Å²) >= 11 is 0. The van der Waals surface area contributed by atoms with E-state index in [0.29, 0.717) is 27.5 Å².